The lowest BCUT2D eigenvalue weighted by molar-refractivity contribution is 0.257. The van der Waals surface area contributed by atoms with Crippen LogP contribution in [0.15, 0.2) is 18.3 Å². The third-order valence-electron chi connectivity index (χ3n) is 4.28. The van der Waals surface area contributed by atoms with Crippen LogP contribution in [-0.2, 0) is 20.2 Å². The molecule has 1 aromatic carbocycles. The van der Waals surface area contributed by atoms with Crippen LogP contribution in [-0.4, -0.2) is 86.0 Å². The van der Waals surface area contributed by atoms with Crippen molar-refractivity contribution in [2.75, 3.05) is 55.9 Å². The standard InChI is InChI=1S/C17H20Cl3N5.2CH4O3S/c1-2-3-24-4-6-25(7-5-24)17-22-10-13(16(21)23-17)12-8-11(18)9-14(19)15(12)20;2*1-5(2,3)4/h8-10H,2-7H2,1H3,(H2,21,22,23);2*1H3,(H,2,3,4). The Morgan fingerprint density at radius 1 is 0.971 bits per heavy atom. The van der Waals surface area contributed by atoms with E-state index in [0.29, 0.717) is 50.5 Å². The summed E-state index contributed by atoms with van der Waals surface area (Å²) >= 11 is 18.5. The Labute approximate surface area is 220 Å². The summed E-state index contributed by atoms with van der Waals surface area (Å²) in [4.78, 5) is 13.6. The van der Waals surface area contributed by atoms with E-state index in [0.717, 1.165) is 32.7 Å². The maximum Gasteiger partial charge on any atom is 0.261 e. The lowest BCUT2D eigenvalue weighted by Crippen LogP contribution is -2.47. The van der Waals surface area contributed by atoms with Gasteiger partial charge in [-0.05, 0) is 25.1 Å². The van der Waals surface area contributed by atoms with Crippen molar-refractivity contribution in [1.82, 2.24) is 14.9 Å². The molecular weight excluding hydrogens is 565 g/mol. The molecule has 198 valence electrons. The lowest BCUT2D eigenvalue weighted by atomic mass is 10.1. The number of hydrogen-bond acceptors (Lipinski definition) is 9. The lowest BCUT2D eigenvalue weighted by Gasteiger charge is -2.34. The monoisotopic (exact) mass is 591 g/mol. The molecule has 1 aliphatic rings. The van der Waals surface area contributed by atoms with Gasteiger partial charge in [0.05, 0.1) is 22.6 Å². The van der Waals surface area contributed by atoms with Gasteiger partial charge in [-0.2, -0.15) is 21.8 Å². The van der Waals surface area contributed by atoms with Gasteiger partial charge >= 0.3 is 0 Å². The van der Waals surface area contributed by atoms with Crippen molar-refractivity contribution < 1.29 is 25.9 Å². The summed E-state index contributed by atoms with van der Waals surface area (Å²) in [7, 11) is -7.33. The van der Waals surface area contributed by atoms with Crippen LogP contribution in [0.5, 0.6) is 0 Å². The molecule has 0 unspecified atom stereocenters. The minimum Gasteiger partial charge on any atom is -0.383 e. The van der Waals surface area contributed by atoms with Gasteiger partial charge in [-0.3, -0.25) is 14.0 Å². The highest BCUT2D eigenvalue weighted by Gasteiger charge is 2.20. The normalized spacial score (nSPS) is 14.5. The maximum atomic E-state index is 9.19. The Balaban J connectivity index is 0.000000519. The number of benzene rings is 1. The SMILES string of the molecule is CCCN1CCN(c2ncc(-c3cc(Cl)cc(Cl)c3Cl)c(N)n2)CC1.CS(=O)(=O)O.CS(=O)(=O)O. The number of halogens is 3. The van der Waals surface area contributed by atoms with Crippen molar-refractivity contribution in [2.24, 2.45) is 0 Å². The van der Waals surface area contributed by atoms with Crippen molar-refractivity contribution in [1.29, 1.82) is 0 Å². The highest BCUT2D eigenvalue weighted by Crippen LogP contribution is 2.38. The van der Waals surface area contributed by atoms with Crippen LogP contribution >= 0.6 is 34.8 Å². The first-order chi connectivity index (χ1) is 16.0. The Morgan fingerprint density at radius 3 is 1.94 bits per heavy atom. The second-order valence-electron chi connectivity index (χ2n) is 7.51. The predicted octanol–water partition coefficient (Wildman–Crippen LogP) is 3.23. The molecule has 1 saturated heterocycles. The van der Waals surface area contributed by atoms with E-state index in [1.807, 2.05) is 0 Å². The van der Waals surface area contributed by atoms with Crippen LogP contribution in [0.2, 0.25) is 15.1 Å². The summed E-state index contributed by atoms with van der Waals surface area (Å²) in [5.74, 6) is 1.00. The van der Waals surface area contributed by atoms with E-state index in [-0.39, 0.29) is 0 Å². The molecule has 11 nitrogen and oxygen atoms in total. The maximum absolute atomic E-state index is 9.19. The smallest absolute Gasteiger partial charge is 0.261 e. The van der Waals surface area contributed by atoms with Crippen LogP contribution < -0.4 is 10.6 Å². The van der Waals surface area contributed by atoms with Gasteiger partial charge in [-0.25, -0.2) is 4.98 Å². The summed E-state index contributed by atoms with van der Waals surface area (Å²) in [6.07, 6.45) is 4.28. The first-order valence-electron chi connectivity index (χ1n) is 10.1. The Morgan fingerprint density at radius 2 is 1.49 bits per heavy atom. The zero-order chi connectivity index (χ0) is 27.0. The second-order valence-corrected chi connectivity index (χ2v) is 11.7. The van der Waals surface area contributed by atoms with Gasteiger partial charge in [0, 0.05) is 48.5 Å². The molecule has 0 atom stereocenters. The van der Waals surface area contributed by atoms with Gasteiger partial charge in [-0.1, -0.05) is 41.7 Å². The van der Waals surface area contributed by atoms with Crippen molar-refractivity contribution >= 4 is 66.8 Å². The molecule has 4 N–H and O–H groups in total. The zero-order valence-electron chi connectivity index (χ0n) is 19.3. The van der Waals surface area contributed by atoms with E-state index in [4.69, 9.17) is 49.6 Å². The molecule has 0 spiro atoms. The number of aromatic nitrogens is 2. The minimum atomic E-state index is -3.67. The number of rotatable bonds is 4. The molecule has 1 aromatic heterocycles. The van der Waals surface area contributed by atoms with Crippen LogP contribution in [0.1, 0.15) is 13.3 Å². The molecule has 35 heavy (non-hydrogen) atoms. The van der Waals surface area contributed by atoms with Crippen molar-refractivity contribution in [3.8, 4) is 11.1 Å². The topological polar surface area (TPSA) is 167 Å². The Bertz CT molecular complexity index is 1160. The zero-order valence-corrected chi connectivity index (χ0v) is 23.2. The number of nitrogens with two attached hydrogens (primary N) is 1. The van der Waals surface area contributed by atoms with E-state index in [9.17, 15) is 16.8 Å². The summed E-state index contributed by atoms with van der Waals surface area (Å²) in [6, 6.07) is 3.31. The summed E-state index contributed by atoms with van der Waals surface area (Å²) in [5.41, 5.74) is 7.43. The number of anilines is 2. The Kier molecular flexibility index (Phi) is 12.4. The molecule has 0 aliphatic carbocycles. The fourth-order valence-corrected chi connectivity index (χ4v) is 3.69. The van der Waals surface area contributed by atoms with Crippen LogP contribution in [0.3, 0.4) is 0 Å². The van der Waals surface area contributed by atoms with Gasteiger partial charge < -0.3 is 10.6 Å². The van der Waals surface area contributed by atoms with E-state index in [2.05, 4.69) is 26.7 Å². The summed E-state index contributed by atoms with van der Waals surface area (Å²) in [6.45, 7) is 7.13. The average molecular weight is 593 g/mol. The molecule has 0 bridgehead atoms. The molecular formula is C19H28Cl3N5O6S2. The molecule has 1 fully saturated rings. The van der Waals surface area contributed by atoms with Crippen molar-refractivity contribution in [3.05, 3.63) is 33.4 Å². The minimum absolute atomic E-state index is 0.362. The molecule has 0 saturated carbocycles. The first kappa shape index (κ1) is 31.6. The van der Waals surface area contributed by atoms with Gasteiger partial charge in [0.1, 0.15) is 5.82 Å². The van der Waals surface area contributed by atoms with E-state index >= 15 is 0 Å². The van der Waals surface area contributed by atoms with Gasteiger partial charge in [0.2, 0.25) is 5.95 Å². The molecule has 0 amide bonds. The molecule has 2 heterocycles. The number of hydrogen-bond donors (Lipinski definition) is 3. The van der Waals surface area contributed by atoms with E-state index < -0.39 is 20.2 Å². The molecule has 3 rings (SSSR count). The average Bonchev–Trinajstić information content (AvgIpc) is 2.69. The number of nitrogen functional groups attached to an aromatic ring is 1. The van der Waals surface area contributed by atoms with E-state index in [1.165, 1.54) is 6.42 Å². The van der Waals surface area contributed by atoms with Crippen LogP contribution in [0, 0.1) is 0 Å². The number of piperazine rings is 1. The third-order valence-corrected chi connectivity index (χ3v) is 5.30. The number of nitrogens with zero attached hydrogens (tertiary/aromatic N) is 4. The van der Waals surface area contributed by atoms with E-state index in [1.54, 1.807) is 18.3 Å². The summed E-state index contributed by atoms with van der Waals surface area (Å²) in [5, 5.41) is 1.25. The second kappa shape index (κ2) is 13.7. The van der Waals surface area contributed by atoms with Gasteiger partial charge in [0.15, 0.2) is 0 Å². The largest absolute Gasteiger partial charge is 0.383 e. The van der Waals surface area contributed by atoms with Crippen molar-refractivity contribution in [3.63, 3.8) is 0 Å². The fraction of sp³-hybridized carbons (Fsp3) is 0.474. The highest BCUT2D eigenvalue weighted by molar-refractivity contribution is 7.85. The molecule has 0 radical (unpaired) electrons. The van der Waals surface area contributed by atoms with Crippen LogP contribution in [0.4, 0.5) is 11.8 Å². The van der Waals surface area contributed by atoms with Gasteiger partial charge in [-0.15, -0.1) is 0 Å². The van der Waals surface area contributed by atoms with Crippen LogP contribution in [0.25, 0.3) is 11.1 Å². The summed E-state index contributed by atoms with van der Waals surface area (Å²) < 4.78 is 51.7. The fourth-order valence-electron chi connectivity index (χ4n) is 2.98. The predicted molar refractivity (Wildman–Crippen MR) is 141 cm³/mol. The highest BCUT2D eigenvalue weighted by atomic mass is 35.5. The first-order valence-corrected chi connectivity index (χ1v) is 14.9. The van der Waals surface area contributed by atoms with Gasteiger partial charge in [0.25, 0.3) is 20.2 Å². The third kappa shape index (κ3) is 12.9. The molecule has 16 heteroatoms. The molecule has 1 aliphatic heterocycles. The quantitative estimate of drug-likeness (QED) is 0.352. The van der Waals surface area contributed by atoms with Crippen molar-refractivity contribution in [2.45, 2.75) is 13.3 Å². The Hall–Kier alpha value is -1.45. The molecule has 2 aromatic rings.